The van der Waals surface area contributed by atoms with E-state index in [2.05, 4.69) is 0 Å². The van der Waals surface area contributed by atoms with Crippen LogP contribution in [0.4, 0.5) is 0 Å². The minimum absolute atomic E-state index is 0.0869. The number of carboxylic acid groups (broad SMARTS) is 1. The topological polar surface area (TPSA) is 77.8 Å². The van der Waals surface area contributed by atoms with Crippen LogP contribution in [-0.4, -0.2) is 39.6 Å². The number of aliphatic carboxylic acids is 1. The first-order valence-electron chi connectivity index (χ1n) is 6.32. The van der Waals surface area contributed by atoms with Crippen molar-refractivity contribution >= 4 is 11.9 Å². The average Bonchev–Trinajstić information content (AvgIpc) is 2.38. The summed E-state index contributed by atoms with van der Waals surface area (Å²) in [6, 6.07) is 6.02. The number of carbonyl (C=O) groups excluding carboxylic acids is 1. The van der Waals surface area contributed by atoms with Crippen molar-refractivity contribution in [1.29, 1.82) is 0 Å². The number of carboxylic acids is 1. The monoisotopic (exact) mass is 263 g/mol. The molecule has 1 heterocycles. The Balaban J connectivity index is 2.08. The third-order valence-corrected chi connectivity index (χ3v) is 3.60. The van der Waals surface area contributed by atoms with E-state index in [1.54, 1.807) is 17.0 Å². The Morgan fingerprint density at radius 3 is 2.42 bits per heavy atom. The molecule has 0 aliphatic carbocycles. The molecule has 0 saturated carbocycles. The van der Waals surface area contributed by atoms with Gasteiger partial charge in [0, 0.05) is 18.2 Å². The minimum Gasteiger partial charge on any atom is -0.508 e. The highest BCUT2D eigenvalue weighted by Crippen LogP contribution is 2.25. The van der Waals surface area contributed by atoms with Crippen molar-refractivity contribution < 1.29 is 19.8 Å². The molecule has 1 amide bonds. The van der Waals surface area contributed by atoms with Gasteiger partial charge >= 0.3 is 5.97 Å². The maximum absolute atomic E-state index is 12.3. The van der Waals surface area contributed by atoms with Crippen LogP contribution in [-0.2, 0) is 4.79 Å². The standard InChI is InChI=1S/C14H17NO4/c1-9-8-11(14(18)19)6-7-15(9)13(17)10-2-4-12(16)5-3-10/h2-5,9,11,16H,6-8H2,1H3,(H,18,19). The van der Waals surface area contributed by atoms with E-state index in [1.807, 2.05) is 6.92 Å². The second-order valence-corrected chi connectivity index (χ2v) is 4.95. The van der Waals surface area contributed by atoms with Gasteiger partial charge in [-0.05, 0) is 44.0 Å². The van der Waals surface area contributed by atoms with E-state index in [0.29, 0.717) is 24.9 Å². The van der Waals surface area contributed by atoms with Gasteiger partial charge in [0.05, 0.1) is 5.92 Å². The Bertz CT molecular complexity index is 483. The molecule has 1 aromatic carbocycles. The van der Waals surface area contributed by atoms with E-state index in [0.717, 1.165) is 0 Å². The zero-order valence-corrected chi connectivity index (χ0v) is 10.7. The van der Waals surface area contributed by atoms with Crippen molar-refractivity contribution in [2.75, 3.05) is 6.54 Å². The normalized spacial score (nSPS) is 23.1. The maximum Gasteiger partial charge on any atom is 0.306 e. The Hall–Kier alpha value is -2.04. The number of hydrogen-bond donors (Lipinski definition) is 2. The highest BCUT2D eigenvalue weighted by Gasteiger charge is 2.32. The van der Waals surface area contributed by atoms with Gasteiger partial charge in [0.2, 0.25) is 0 Å². The van der Waals surface area contributed by atoms with Gasteiger partial charge in [0.25, 0.3) is 5.91 Å². The number of rotatable bonds is 2. The molecule has 0 spiro atoms. The Morgan fingerprint density at radius 1 is 1.26 bits per heavy atom. The molecule has 19 heavy (non-hydrogen) atoms. The van der Waals surface area contributed by atoms with Gasteiger partial charge in [-0.3, -0.25) is 9.59 Å². The van der Waals surface area contributed by atoms with Crippen molar-refractivity contribution in [3.8, 4) is 5.75 Å². The third-order valence-electron chi connectivity index (χ3n) is 3.60. The van der Waals surface area contributed by atoms with Gasteiger partial charge in [0.1, 0.15) is 5.75 Å². The smallest absolute Gasteiger partial charge is 0.306 e. The minimum atomic E-state index is -0.788. The molecule has 2 rings (SSSR count). The molecule has 5 nitrogen and oxygen atoms in total. The molecule has 1 aliphatic heterocycles. The van der Waals surface area contributed by atoms with E-state index in [1.165, 1.54) is 12.1 Å². The quantitative estimate of drug-likeness (QED) is 0.851. The predicted octanol–water partition coefficient (Wildman–Crippen LogP) is 1.72. The summed E-state index contributed by atoms with van der Waals surface area (Å²) in [6.07, 6.45) is 0.975. The number of amides is 1. The number of carbonyl (C=O) groups is 2. The molecule has 0 bridgehead atoms. The predicted molar refractivity (Wildman–Crippen MR) is 69.0 cm³/mol. The maximum atomic E-state index is 12.3. The summed E-state index contributed by atoms with van der Waals surface area (Å²) < 4.78 is 0. The van der Waals surface area contributed by atoms with Gasteiger partial charge in [-0.15, -0.1) is 0 Å². The molecule has 0 aromatic heterocycles. The Labute approximate surface area is 111 Å². The fourth-order valence-electron chi connectivity index (χ4n) is 2.47. The summed E-state index contributed by atoms with van der Waals surface area (Å²) in [7, 11) is 0. The van der Waals surface area contributed by atoms with Crippen LogP contribution in [0, 0.1) is 5.92 Å². The number of hydrogen-bond acceptors (Lipinski definition) is 3. The van der Waals surface area contributed by atoms with Gasteiger partial charge < -0.3 is 15.1 Å². The molecule has 102 valence electrons. The number of likely N-dealkylation sites (tertiary alicyclic amines) is 1. The zero-order chi connectivity index (χ0) is 14.0. The molecule has 2 atom stereocenters. The number of aromatic hydroxyl groups is 1. The summed E-state index contributed by atoms with van der Waals surface area (Å²) in [5.41, 5.74) is 0.512. The van der Waals surface area contributed by atoms with Crippen LogP contribution in [0.5, 0.6) is 5.75 Å². The highest BCUT2D eigenvalue weighted by atomic mass is 16.4. The fraction of sp³-hybridized carbons (Fsp3) is 0.429. The number of nitrogens with zero attached hydrogens (tertiary/aromatic N) is 1. The van der Waals surface area contributed by atoms with Gasteiger partial charge in [0.15, 0.2) is 0 Å². The summed E-state index contributed by atoms with van der Waals surface area (Å²) in [6.45, 7) is 2.32. The summed E-state index contributed by atoms with van der Waals surface area (Å²) in [4.78, 5) is 24.9. The van der Waals surface area contributed by atoms with E-state index in [-0.39, 0.29) is 23.6 Å². The van der Waals surface area contributed by atoms with Gasteiger partial charge in [-0.2, -0.15) is 0 Å². The summed E-state index contributed by atoms with van der Waals surface area (Å²) in [5, 5.41) is 18.2. The second-order valence-electron chi connectivity index (χ2n) is 4.95. The molecule has 0 radical (unpaired) electrons. The zero-order valence-electron chi connectivity index (χ0n) is 10.7. The van der Waals surface area contributed by atoms with Crippen molar-refractivity contribution in [3.05, 3.63) is 29.8 Å². The molecule has 2 unspecified atom stereocenters. The van der Waals surface area contributed by atoms with Crippen LogP contribution in [0.2, 0.25) is 0 Å². The van der Waals surface area contributed by atoms with E-state index in [4.69, 9.17) is 5.11 Å². The molecule has 5 heteroatoms. The number of phenols is 1. The fourth-order valence-corrected chi connectivity index (χ4v) is 2.47. The van der Waals surface area contributed by atoms with Crippen LogP contribution < -0.4 is 0 Å². The summed E-state index contributed by atoms with van der Waals surface area (Å²) in [5.74, 6) is -1.15. The van der Waals surface area contributed by atoms with Crippen LogP contribution in [0.3, 0.4) is 0 Å². The van der Waals surface area contributed by atoms with Crippen LogP contribution >= 0.6 is 0 Å². The summed E-state index contributed by atoms with van der Waals surface area (Å²) >= 11 is 0. The van der Waals surface area contributed by atoms with E-state index >= 15 is 0 Å². The molecule has 1 aliphatic rings. The van der Waals surface area contributed by atoms with Crippen molar-refractivity contribution in [1.82, 2.24) is 4.90 Å². The van der Waals surface area contributed by atoms with E-state index < -0.39 is 5.97 Å². The largest absolute Gasteiger partial charge is 0.508 e. The second kappa shape index (κ2) is 5.30. The SMILES string of the molecule is CC1CC(C(=O)O)CCN1C(=O)c1ccc(O)cc1. The molecule has 1 saturated heterocycles. The lowest BCUT2D eigenvalue weighted by molar-refractivity contribution is -0.143. The van der Waals surface area contributed by atoms with Crippen LogP contribution in [0.15, 0.2) is 24.3 Å². The first-order chi connectivity index (χ1) is 8.99. The number of piperidine rings is 1. The lowest BCUT2D eigenvalue weighted by Gasteiger charge is -2.36. The van der Waals surface area contributed by atoms with Gasteiger partial charge in [-0.1, -0.05) is 0 Å². The lowest BCUT2D eigenvalue weighted by Crippen LogP contribution is -2.46. The first kappa shape index (κ1) is 13.4. The number of benzene rings is 1. The molecule has 2 N–H and O–H groups in total. The number of phenolic OH excluding ortho intramolecular Hbond substituents is 1. The third kappa shape index (κ3) is 2.86. The molecular formula is C14H17NO4. The first-order valence-corrected chi connectivity index (χ1v) is 6.32. The molecular weight excluding hydrogens is 246 g/mol. The molecule has 1 aromatic rings. The van der Waals surface area contributed by atoms with E-state index in [9.17, 15) is 14.7 Å². The molecule has 1 fully saturated rings. The van der Waals surface area contributed by atoms with Crippen molar-refractivity contribution in [2.24, 2.45) is 5.92 Å². The van der Waals surface area contributed by atoms with Crippen molar-refractivity contribution in [2.45, 2.75) is 25.8 Å². The lowest BCUT2D eigenvalue weighted by atomic mass is 9.91. The van der Waals surface area contributed by atoms with Crippen LogP contribution in [0.25, 0.3) is 0 Å². The average molecular weight is 263 g/mol. The van der Waals surface area contributed by atoms with Gasteiger partial charge in [-0.25, -0.2) is 0 Å². The van der Waals surface area contributed by atoms with Crippen molar-refractivity contribution in [3.63, 3.8) is 0 Å². The Kier molecular flexibility index (Phi) is 3.74. The highest BCUT2D eigenvalue weighted by molar-refractivity contribution is 5.94. The Morgan fingerprint density at radius 2 is 1.89 bits per heavy atom. The van der Waals surface area contributed by atoms with Crippen LogP contribution in [0.1, 0.15) is 30.1 Å².